The summed E-state index contributed by atoms with van der Waals surface area (Å²) < 4.78 is 0. The van der Waals surface area contributed by atoms with Gasteiger partial charge >= 0.3 is 0 Å². The van der Waals surface area contributed by atoms with Gasteiger partial charge in [0.2, 0.25) is 5.95 Å². The van der Waals surface area contributed by atoms with Gasteiger partial charge in [-0.15, -0.1) is 0 Å². The van der Waals surface area contributed by atoms with Crippen LogP contribution in [0, 0.1) is 0 Å². The quantitative estimate of drug-likeness (QED) is 0.688. The Labute approximate surface area is 83.5 Å². The minimum atomic E-state index is 0.670. The van der Waals surface area contributed by atoms with Crippen LogP contribution < -0.4 is 15.5 Å². The molecule has 0 unspecified atom stereocenters. The molecule has 0 saturated carbocycles. The largest absolute Gasteiger partial charge is 0.366 e. The lowest BCUT2D eigenvalue weighted by Gasteiger charge is -2.28. The van der Waals surface area contributed by atoms with Crippen LogP contribution >= 0.6 is 0 Å². The Kier molecular flexibility index (Phi) is 2.78. The fourth-order valence-electron chi connectivity index (χ4n) is 1.54. The third kappa shape index (κ3) is 1.93. The van der Waals surface area contributed by atoms with Gasteiger partial charge in [0.25, 0.3) is 0 Å². The first-order valence-electron chi connectivity index (χ1n) is 4.85. The fraction of sp³-hybridized carbons (Fsp3) is 0.556. The number of rotatable bonds is 2. The lowest BCUT2D eigenvalue weighted by atomic mass is 10.3. The maximum absolute atomic E-state index is 4.19. The molecule has 1 fully saturated rings. The van der Waals surface area contributed by atoms with Crippen molar-refractivity contribution in [3.63, 3.8) is 0 Å². The summed E-state index contributed by atoms with van der Waals surface area (Å²) in [5.41, 5.74) is 1.10. The summed E-state index contributed by atoms with van der Waals surface area (Å²) in [6, 6.07) is 0. The van der Waals surface area contributed by atoms with E-state index in [9.17, 15) is 0 Å². The van der Waals surface area contributed by atoms with Crippen LogP contribution in [-0.2, 0) is 0 Å². The molecule has 5 heteroatoms. The van der Waals surface area contributed by atoms with E-state index >= 15 is 0 Å². The van der Waals surface area contributed by atoms with Crippen molar-refractivity contribution >= 4 is 11.6 Å². The Morgan fingerprint density at radius 3 is 2.50 bits per heavy atom. The second-order valence-corrected chi connectivity index (χ2v) is 3.25. The molecule has 1 aliphatic rings. The summed E-state index contributed by atoms with van der Waals surface area (Å²) in [4.78, 5) is 10.7. The minimum Gasteiger partial charge on any atom is -0.366 e. The van der Waals surface area contributed by atoms with Gasteiger partial charge in [0, 0.05) is 33.2 Å². The van der Waals surface area contributed by atoms with Crippen LogP contribution in [0.3, 0.4) is 0 Å². The lowest BCUT2D eigenvalue weighted by Crippen LogP contribution is -2.43. The zero-order valence-electron chi connectivity index (χ0n) is 8.32. The number of hydrogen-bond donors (Lipinski definition) is 2. The molecule has 1 aliphatic heterocycles. The number of piperazine rings is 1. The molecule has 0 aromatic carbocycles. The summed E-state index contributed by atoms with van der Waals surface area (Å²) in [5.74, 6) is 0.670. The second-order valence-electron chi connectivity index (χ2n) is 3.25. The van der Waals surface area contributed by atoms with E-state index in [4.69, 9.17) is 0 Å². The molecule has 0 aliphatic carbocycles. The van der Waals surface area contributed by atoms with E-state index in [0.29, 0.717) is 5.95 Å². The predicted molar refractivity (Wildman–Crippen MR) is 56.7 cm³/mol. The van der Waals surface area contributed by atoms with Crippen LogP contribution in [-0.4, -0.2) is 43.2 Å². The van der Waals surface area contributed by atoms with Crippen molar-refractivity contribution in [2.24, 2.45) is 0 Å². The van der Waals surface area contributed by atoms with Gasteiger partial charge in [0.1, 0.15) is 0 Å². The van der Waals surface area contributed by atoms with Crippen LogP contribution in [0.1, 0.15) is 0 Å². The Bertz CT molecular complexity index is 278. The summed E-state index contributed by atoms with van der Waals surface area (Å²) in [6.07, 6.45) is 3.73. The molecular formula is C9H15N5. The molecule has 0 amide bonds. The molecule has 2 heterocycles. The summed E-state index contributed by atoms with van der Waals surface area (Å²) >= 11 is 0. The molecule has 1 saturated heterocycles. The Morgan fingerprint density at radius 2 is 1.93 bits per heavy atom. The third-order valence-corrected chi connectivity index (χ3v) is 2.34. The van der Waals surface area contributed by atoms with Crippen molar-refractivity contribution in [3.05, 3.63) is 12.4 Å². The molecule has 1 aromatic rings. The van der Waals surface area contributed by atoms with E-state index < -0.39 is 0 Å². The van der Waals surface area contributed by atoms with Gasteiger partial charge in [-0.05, 0) is 0 Å². The molecule has 2 N–H and O–H groups in total. The van der Waals surface area contributed by atoms with Crippen LogP contribution in [0.15, 0.2) is 12.4 Å². The van der Waals surface area contributed by atoms with Crippen molar-refractivity contribution in [1.82, 2.24) is 15.3 Å². The van der Waals surface area contributed by atoms with Crippen LogP contribution in [0.5, 0.6) is 0 Å². The molecule has 14 heavy (non-hydrogen) atoms. The van der Waals surface area contributed by atoms with Crippen LogP contribution in [0.4, 0.5) is 11.6 Å². The normalized spacial score (nSPS) is 16.8. The molecule has 1 aromatic heterocycles. The predicted octanol–water partition coefficient (Wildman–Crippen LogP) is -0.0721. The van der Waals surface area contributed by atoms with Crippen molar-refractivity contribution in [1.29, 1.82) is 0 Å². The van der Waals surface area contributed by atoms with E-state index in [1.54, 1.807) is 0 Å². The van der Waals surface area contributed by atoms with Gasteiger partial charge in [0.05, 0.1) is 18.1 Å². The van der Waals surface area contributed by atoms with Gasteiger partial charge < -0.3 is 15.5 Å². The maximum atomic E-state index is 4.19. The second kappa shape index (κ2) is 4.23. The number of aromatic nitrogens is 2. The molecule has 5 nitrogen and oxygen atoms in total. The Hall–Kier alpha value is -1.36. The van der Waals surface area contributed by atoms with E-state index in [1.165, 1.54) is 0 Å². The fourth-order valence-corrected chi connectivity index (χ4v) is 1.54. The summed E-state index contributed by atoms with van der Waals surface area (Å²) in [6.45, 7) is 4.13. The van der Waals surface area contributed by atoms with Gasteiger partial charge in [-0.2, -0.15) is 0 Å². The summed E-state index contributed by atoms with van der Waals surface area (Å²) in [7, 11) is 1.82. The maximum Gasteiger partial charge on any atom is 0.222 e. The van der Waals surface area contributed by atoms with Crippen LogP contribution in [0.25, 0.3) is 0 Å². The topological polar surface area (TPSA) is 53.1 Å². The molecule has 76 valence electrons. The van der Waals surface area contributed by atoms with E-state index in [-0.39, 0.29) is 0 Å². The average molecular weight is 193 g/mol. The smallest absolute Gasteiger partial charge is 0.222 e. The van der Waals surface area contributed by atoms with Crippen LogP contribution in [0.2, 0.25) is 0 Å². The van der Waals surface area contributed by atoms with Gasteiger partial charge in [0.15, 0.2) is 0 Å². The molecule has 2 rings (SSSR count). The van der Waals surface area contributed by atoms with E-state index in [1.807, 2.05) is 19.4 Å². The Morgan fingerprint density at radius 1 is 1.29 bits per heavy atom. The highest BCUT2D eigenvalue weighted by Crippen LogP contribution is 2.12. The number of nitrogens with zero attached hydrogens (tertiary/aromatic N) is 3. The van der Waals surface area contributed by atoms with Gasteiger partial charge in [-0.1, -0.05) is 0 Å². The molecular weight excluding hydrogens is 178 g/mol. The lowest BCUT2D eigenvalue weighted by molar-refractivity contribution is 0.588. The highest BCUT2D eigenvalue weighted by molar-refractivity contribution is 5.44. The molecule has 0 spiro atoms. The van der Waals surface area contributed by atoms with Crippen molar-refractivity contribution in [2.75, 3.05) is 43.4 Å². The first-order chi connectivity index (χ1) is 6.90. The number of hydrogen-bond acceptors (Lipinski definition) is 5. The SMILES string of the molecule is CNc1ncc(N2CCNCC2)cn1. The van der Waals surface area contributed by atoms with E-state index in [2.05, 4.69) is 25.5 Å². The zero-order chi connectivity index (χ0) is 9.80. The van der Waals surface area contributed by atoms with Gasteiger partial charge in [-0.3, -0.25) is 0 Å². The molecule has 0 radical (unpaired) electrons. The van der Waals surface area contributed by atoms with Crippen molar-refractivity contribution in [2.45, 2.75) is 0 Å². The Balaban J connectivity index is 2.07. The highest BCUT2D eigenvalue weighted by atomic mass is 15.2. The minimum absolute atomic E-state index is 0.670. The first-order valence-corrected chi connectivity index (χ1v) is 4.85. The zero-order valence-corrected chi connectivity index (χ0v) is 8.32. The van der Waals surface area contributed by atoms with Crippen molar-refractivity contribution < 1.29 is 0 Å². The van der Waals surface area contributed by atoms with Crippen molar-refractivity contribution in [3.8, 4) is 0 Å². The average Bonchev–Trinajstić information content (AvgIpc) is 2.30. The van der Waals surface area contributed by atoms with E-state index in [0.717, 1.165) is 31.9 Å². The molecule has 0 atom stereocenters. The highest BCUT2D eigenvalue weighted by Gasteiger charge is 2.10. The number of nitrogens with one attached hydrogen (secondary N) is 2. The standard InChI is InChI=1S/C9H15N5/c1-10-9-12-6-8(7-13-9)14-4-2-11-3-5-14/h6-7,11H,2-5H2,1H3,(H,10,12,13). The number of anilines is 2. The summed E-state index contributed by atoms with van der Waals surface area (Å²) in [5, 5.41) is 6.22. The van der Waals surface area contributed by atoms with Gasteiger partial charge in [-0.25, -0.2) is 9.97 Å². The third-order valence-electron chi connectivity index (χ3n) is 2.34. The monoisotopic (exact) mass is 193 g/mol. The molecule has 0 bridgehead atoms. The first kappa shape index (κ1) is 9.21.